The number of alkyl halides is 3. The second kappa shape index (κ2) is 7.09. The van der Waals surface area contributed by atoms with Gasteiger partial charge in [0, 0.05) is 17.6 Å². The van der Waals surface area contributed by atoms with Crippen molar-refractivity contribution in [2.75, 3.05) is 19.7 Å². The lowest BCUT2D eigenvalue weighted by atomic mass is 9.93. The number of nitrogens with zero attached hydrogens (tertiary/aromatic N) is 1. The summed E-state index contributed by atoms with van der Waals surface area (Å²) in [5, 5.41) is 12.8. The molecule has 1 aliphatic rings. The Morgan fingerprint density at radius 1 is 1.35 bits per heavy atom. The fourth-order valence-electron chi connectivity index (χ4n) is 2.65. The Morgan fingerprint density at radius 2 is 1.95 bits per heavy atom. The number of aliphatic hydroxyl groups is 1. The van der Waals surface area contributed by atoms with Crippen LogP contribution in [0.1, 0.15) is 46.5 Å². The smallest absolute Gasteiger partial charge is 0.394 e. The van der Waals surface area contributed by atoms with Crippen LogP contribution >= 0.6 is 0 Å². The van der Waals surface area contributed by atoms with E-state index in [1.54, 1.807) is 4.90 Å². The lowest BCUT2D eigenvalue weighted by molar-refractivity contribution is -0.152. The molecule has 0 heterocycles. The minimum absolute atomic E-state index is 0.0562. The Balaban J connectivity index is 2.62. The van der Waals surface area contributed by atoms with Crippen LogP contribution in [0.5, 0.6) is 0 Å². The summed E-state index contributed by atoms with van der Waals surface area (Å²) >= 11 is 0. The van der Waals surface area contributed by atoms with Crippen molar-refractivity contribution in [1.29, 1.82) is 0 Å². The lowest BCUT2D eigenvalue weighted by Gasteiger charge is -2.37. The van der Waals surface area contributed by atoms with Gasteiger partial charge in [0.15, 0.2) is 0 Å². The van der Waals surface area contributed by atoms with E-state index in [4.69, 9.17) is 0 Å². The maximum Gasteiger partial charge on any atom is 0.401 e. The second-order valence-corrected chi connectivity index (χ2v) is 6.22. The van der Waals surface area contributed by atoms with Gasteiger partial charge < -0.3 is 10.4 Å². The fraction of sp³-hybridized carbons (Fsp3) is 1.00. The van der Waals surface area contributed by atoms with Crippen molar-refractivity contribution in [3.63, 3.8) is 0 Å². The van der Waals surface area contributed by atoms with Crippen molar-refractivity contribution in [2.45, 2.75) is 70.3 Å². The molecule has 1 rings (SSSR count). The standard InChI is InChI=1S/C14H27F3N2O/c1-4-7-18-13(3,10-20)8-11(2)19(12-5-6-12)9-14(15,16)17/h11-12,18,20H,4-10H2,1-3H3. The summed E-state index contributed by atoms with van der Waals surface area (Å²) in [7, 11) is 0. The minimum Gasteiger partial charge on any atom is -0.394 e. The van der Waals surface area contributed by atoms with E-state index in [9.17, 15) is 18.3 Å². The molecule has 2 N–H and O–H groups in total. The van der Waals surface area contributed by atoms with E-state index in [0.29, 0.717) is 6.42 Å². The Labute approximate surface area is 119 Å². The molecule has 0 aromatic carbocycles. The van der Waals surface area contributed by atoms with Crippen LogP contribution in [0.2, 0.25) is 0 Å². The average Bonchev–Trinajstić information content (AvgIpc) is 3.16. The van der Waals surface area contributed by atoms with Crippen molar-refractivity contribution in [2.24, 2.45) is 0 Å². The second-order valence-electron chi connectivity index (χ2n) is 6.22. The summed E-state index contributed by atoms with van der Waals surface area (Å²) in [5.74, 6) is 0. The highest BCUT2D eigenvalue weighted by Crippen LogP contribution is 2.33. The first-order chi connectivity index (χ1) is 9.21. The number of aliphatic hydroxyl groups excluding tert-OH is 1. The van der Waals surface area contributed by atoms with E-state index in [0.717, 1.165) is 25.8 Å². The van der Waals surface area contributed by atoms with E-state index in [1.165, 1.54) is 0 Å². The summed E-state index contributed by atoms with van der Waals surface area (Å²) in [6, 6.07) is -0.147. The zero-order valence-corrected chi connectivity index (χ0v) is 12.6. The molecule has 1 saturated carbocycles. The van der Waals surface area contributed by atoms with Crippen molar-refractivity contribution in [3.05, 3.63) is 0 Å². The van der Waals surface area contributed by atoms with E-state index in [-0.39, 0.29) is 18.7 Å². The summed E-state index contributed by atoms with van der Waals surface area (Å²) in [6.45, 7) is 5.56. The lowest BCUT2D eigenvalue weighted by Crippen LogP contribution is -2.52. The van der Waals surface area contributed by atoms with Gasteiger partial charge in [0.1, 0.15) is 0 Å². The van der Waals surface area contributed by atoms with Crippen LogP contribution in [0.25, 0.3) is 0 Å². The van der Waals surface area contributed by atoms with Crippen molar-refractivity contribution in [1.82, 2.24) is 10.2 Å². The molecule has 2 unspecified atom stereocenters. The van der Waals surface area contributed by atoms with E-state index in [2.05, 4.69) is 5.32 Å². The van der Waals surface area contributed by atoms with Crippen molar-refractivity contribution < 1.29 is 18.3 Å². The monoisotopic (exact) mass is 296 g/mol. The Bertz CT molecular complexity index is 295. The SMILES string of the molecule is CCCNC(C)(CO)CC(C)N(CC(F)(F)F)C1CC1. The van der Waals surface area contributed by atoms with Gasteiger partial charge >= 0.3 is 6.18 Å². The summed E-state index contributed by atoms with van der Waals surface area (Å²) in [4.78, 5) is 1.54. The van der Waals surface area contributed by atoms with Gasteiger partial charge in [-0.1, -0.05) is 6.92 Å². The van der Waals surface area contributed by atoms with E-state index in [1.807, 2.05) is 20.8 Å². The number of rotatable bonds is 9. The van der Waals surface area contributed by atoms with Crippen molar-refractivity contribution >= 4 is 0 Å². The molecule has 0 aromatic rings. The van der Waals surface area contributed by atoms with Gasteiger partial charge in [0.2, 0.25) is 0 Å². The molecule has 120 valence electrons. The topological polar surface area (TPSA) is 35.5 Å². The highest BCUT2D eigenvalue weighted by Gasteiger charge is 2.41. The molecule has 0 spiro atoms. The number of halogens is 3. The third-order valence-electron chi connectivity index (χ3n) is 3.84. The van der Waals surface area contributed by atoms with Gasteiger partial charge in [-0.2, -0.15) is 13.2 Å². The predicted molar refractivity (Wildman–Crippen MR) is 73.6 cm³/mol. The van der Waals surface area contributed by atoms with Crippen LogP contribution in [-0.4, -0.2) is 53.5 Å². The van der Waals surface area contributed by atoms with Crippen LogP contribution in [0.4, 0.5) is 13.2 Å². The molecule has 3 nitrogen and oxygen atoms in total. The fourth-order valence-corrected chi connectivity index (χ4v) is 2.65. The molecule has 1 fully saturated rings. The van der Waals surface area contributed by atoms with E-state index >= 15 is 0 Å². The highest BCUT2D eigenvalue weighted by molar-refractivity contribution is 4.93. The molecule has 0 radical (unpaired) electrons. The molecule has 20 heavy (non-hydrogen) atoms. The van der Waals surface area contributed by atoms with Crippen molar-refractivity contribution in [3.8, 4) is 0 Å². The first kappa shape index (κ1) is 17.7. The Kier molecular flexibility index (Phi) is 6.28. The molecular weight excluding hydrogens is 269 g/mol. The summed E-state index contributed by atoms with van der Waals surface area (Å²) in [6.07, 6.45) is -1.03. The molecular formula is C14H27F3N2O. The quantitative estimate of drug-likeness (QED) is 0.686. The number of hydrogen-bond acceptors (Lipinski definition) is 3. The van der Waals surface area contributed by atoms with Gasteiger partial charge in [-0.15, -0.1) is 0 Å². The first-order valence-electron chi connectivity index (χ1n) is 7.39. The van der Waals surface area contributed by atoms with Gasteiger partial charge in [-0.3, -0.25) is 4.90 Å². The molecule has 0 bridgehead atoms. The molecule has 0 saturated heterocycles. The van der Waals surface area contributed by atoms with Crippen LogP contribution in [0.3, 0.4) is 0 Å². The third kappa shape index (κ3) is 5.97. The Hall–Kier alpha value is -0.330. The Morgan fingerprint density at radius 3 is 2.35 bits per heavy atom. The number of hydrogen-bond donors (Lipinski definition) is 2. The van der Waals surface area contributed by atoms with Crippen LogP contribution in [0, 0.1) is 0 Å². The molecule has 0 amide bonds. The molecule has 2 atom stereocenters. The summed E-state index contributed by atoms with van der Waals surface area (Å²) < 4.78 is 38.0. The molecule has 0 aromatic heterocycles. The van der Waals surface area contributed by atoms with Gasteiger partial charge in [-0.25, -0.2) is 0 Å². The van der Waals surface area contributed by atoms with E-state index < -0.39 is 18.3 Å². The maximum absolute atomic E-state index is 12.7. The molecule has 6 heteroatoms. The molecule has 0 aliphatic heterocycles. The van der Waals surface area contributed by atoms with Crippen LogP contribution in [-0.2, 0) is 0 Å². The predicted octanol–water partition coefficient (Wildman–Crippen LogP) is 2.54. The minimum atomic E-state index is -4.16. The van der Waals surface area contributed by atoms with Gasteiger partial charge in [0.05, 0.1) is 13.2 Å². The average molecular weight is 296 g/mol. The number of nitrogens with one attached hydrogen (secondary N) is 1. The first-order valence-corrected chi connectivity index (χ1v) is 7.39. The zero-order valence-electron chi connectivity index (χ0n) is 12.6. The van der Waals surface area contributed by atoms with Gasteiger partial charge in [0.25, 0.3) is 0 Å². The van der Waals surface area contributed by atoms with Gasteiger partial charge in [-0.05, 0) is 46.1 Å². The third-order valence-corrected chi connectivity index (χ3v) is 3.84. The largest absolute Gasteiger partial charge is 0.401 e. The highest BCUT2D eigenvalue weighted by atomic mass is 19.4. The van der Waals surface area contributed by atoms with Crippen LogP contribution < -0.4 is 5.32 Å². The maximum atomic E-state index is 12.7. The zero-order chi connectivity index (χ0) is 15.4. The normalized spacial score (nSPS) is 21.0. The van der Waals surface area contributed by atoms with Crippen LogP contribution in [0.15, 0.2) is 0 Å². The summed E-state index contributed by atoms with van der Waals surface area (Å²) in [5.41, 5.74) is -0.520. The molecule has 1 aliphatic carbocycles.